The number of para-hydroxylation sites is 2. The molecule has 0 aliphatic heterocycles. The number of ether oxygens (including phenoxy) is 2. The molecule has 0 radical (unpaired) electrons. The second-order valence-electron chi connectivity index (χ2n) is 5.00. The van der Waals surface area contributed by atoms with Gasteiger partial charge >= 0.3 is 0 Å². The zero-order valence-corrected chi connectivity index (χ0v) is 12.8. The fourth-order valence-electron chi connectivity index (χ4n) is 2.07. The lowest BCUT2D eigenvalue weighted by atomic mass is 10.2. The van der Waals surface area contributed by atoms with Crippen LogP contribution in [0.1, 0.15) is 18.4 Å². The van der Waals surface area contributed by atoms with Crippen molar-refractivity contribution in [1.82, 2.24) is 0 Å². The number of methoxy groups -OCH3 is 1. The van der Waals surface area contributed by atoms with E-state index in [4.69, 9.17) is 9.47 Å². The Hall–Kier alpha value is -2.16. The Bertz CT molecular complexity index is 537. The maximum atomic E-state index is 5.71. The summed E-state index contributed by atoms with van der Waals surface area (Å²) in [4.78, 5) is 0. The Labute approximate surface area is 126 Å². The van der Waals surface area contributed by atoms with E-state index in [2.05, 4.69) is 24.4 Å². The molecular formula is C18H23NO2. The average Bonchev–Trinajstić information content (AvgIpc) is 2.53. The first-order chi connectivity index (χ1) is 10.3. The van der Waals surface area contributed by atoms with Gasteiger partial charge in [-0.1, -0.05) is 29.8 Å². The van der Waals surface area contributed by atoms with Crippen molar-refractivity contribution < 1.29 is 9.47 Å². The molecule has 0 amide bonds. The maximum Gasteiger partial charge on any atom is 0.141 e. The van der Waals surface area contributed by atoms with E-state index in [-0.39, 0.29) is 0 Å². The Balaban J connectivity index is 1.63. The maximum absolute atomic E-state index is 5.71. The molecular weight excluding hydrogens is 262 g/mol. The van der Waals surface area contributed by atoms with Crippen molar-refractivity contribution in [2.45, 2.75) is 19.8 Å². The third kappa shape index (κ3) is 5.03. The van der Waals surface area contributed by atoms with Gasteiger partial charge < -0.3 is 14.8 Å². The molecule has 2 aromatic carbocycles. The van der Waals surface area contributed by atoms with Crippen molar-refractivity contribution in [3.63, 3.8) is 0 Å². The number of rotatable bonds is 8. The minimum atomic E-state index is 0.747. The van der Waals surface area contributed by atoms with Crippen LogP contribution >= 0.6 is 0 Å². The SMILES string of the molecule is COc1ccccc1NCCCCOc1ccc(C)cc1. The molecule has 2 rings (SSSR count). The number of hydrogen-bond acceptors (Lipinski definition) is 3. The monoisotopic (exact) mass is 285 g/mol. The van der Waals surface area contributed by atoms with E-state index in [1.807, 2.05) is 36.4 Å². The Morgan fingerprint density at radius 1 is 0.952 bits per heavy atom. The van der Waals surface area contributed by atoms with Gasteiger partial charge in [-0.15, -0.1) is 0 Å². The Kier molecular flexibility index (Phi) is 5.95. The van der Waals surface area contributed by atoms with Gasteiger partial charge in [0.05, 0.1) is 19.4 Å². The third-order valence-electron chi connectivity index (χ3n) is 3.28. The van der Waals surface area contributed by atoms with E-state index >= 15 is 0 Å². The lowest BCUT2D eigenvalue weighted by Crippen LogP contribution is -2.05. The van der Waals surface area contributed by atoms with Crippen LogP contribution in [0.25, 0.3) is 0 Å². The van der Waals surface area contributed by atoms with E-state index in [0.717, 1.165) is 43.2 Å². The first-order valence-corrected chi connectivity index (χ1v) is 7.36. The first kappa shape index (κ1) is 15.2. The summed E-state index contributed by atoms with van der Waals surface area (Å²) in [5.74, 6) is 1.83. The molecule has 0 fully saturated rings. The molecule has 0 aliphatic carbocycles. The standard InChI is InChI=1S/C18H23NO2/c1-15-9-11-16(12-10-15)21-14-6-5-13-19-17-7-3-4-8-18(17)20-2/h3-4,7-12,19H,5-6,13-14H2,1-2H3. The molecule has 21 heavy (non-hydrogen) atoms. The van der Waals surface area contributed by atoms with Crippen LogP contribution in [0.15, 0.2) is 48.5 Å². The molecule has 0 bridgehead atoms. The molecule has 3 heteroatoms. The highest BCUT2D eigenvalue weighted by molar-refractivity contribution is 5.55. The highest BCUT2D eigenvalue weighted by Crippen LogP contribution is 2.22. The molecule has 112 valence electrons. The lowest BCUT2D eigenvalue weighted by molar-refractivity contribution is 0.308. The van der Waals surface area contributed by atoms with Crippen LogP contribution in [-0.4, -0.2) is 20.3 Å². The molecule has 0 aliphatic rings. The lowest BCUT2D eigenvalue weighted by Gasteiger charge is -2.11. The molecule has 0 spiro atoms. The second kappa shape index (κ2) is 8.20. The quantitative estimate of drug-likeness (QED) is 0.735. The van der Waals surface area contributed by atoms with Crippen LogP contribution in [-0.2, 0) is 0 Å². The second-order valence-corrected chi connectivity index (χ2v) is 5.00. The summed E-state index contributed by atoms with van der Waals surface area (Å²) in [6.45, 7) is 3.74. The van der Waals surface area contributed by atoms with Gasteiger partial charge in [0, 0.05) is 6.54 Å². The molecule has 3 nitrogen and oxygen atoms in total. The van der Waals surface area contributed by atoms with Crippen molar-refractivity contribution in [3.8, 4) is 11.5 Å². The van der Waals surface area contributed by atoms with E-state index in [9.17, 15) is 0 Å². The third-order valence-corrected chi connectivity index (χ3v) is 3.28. The average molecular weight is 285 g/mol. The van der Waals surface area contributed by atoms with E-state index in [0.29, 0.717) is 0 Å². The van der Waals surface area contributed by atoms with Gasteiger partial charge in [0.1, 0.15) is 11.5 Å². The number of benzene rings is 2. The summed E-state index contributed by atoms with van der Waals surface area (Å²) in [6, 6.07) is 16.1. The predicted molar refractivity (Wildman–Crippen MR) is 87.4 cm³/mol. The topological polar surface area (TPSA) is 30.5 Å². The van der Waals surface area contributed by atoms with Crippen molar-refractivity contribution in [3.05, 3.63) is 54.1 Å². The van der Waals surface area contributed by atoms with Crippen molar-refractivity contribution in [2.24, 2.45) is 0 Å². The predicted octanol–water partition coefficient (Wildman–Crippen LogP) is 4.27. The summed E-state index contributed by atoms with van der Waals surface area (Å²) in [5, 5.41) is 3.39. The van der Waals surface area contributed by atoms with Gasteiger partial charge in [-0.25, -0.2) is 0 Å². The first-order valence-electron chi connectivity index (χ1n) is 7.36. The van der Waals surface area contributed by atoms with Crippen LogP contribution in [0.5, 0.6) is 11.5 Å². The normalized spacial score (nSPS) is 10.2. The summed E-state index contributed by atoms with van der Waals surface area (Å²) in [6.07, 6.45) is 2.08. The van der Waals surface area contributed by atoms with Crippen LogP contribution in [0.3, 0.4) is 0 Å². The fraction of sp³-hybridized carbons (Fsp3) is 0.333. The minimum Gasteiger partial charge on any atom is -0.495 e. The largest absolute Gasteiger partial charge is 0.495 e. The van der Waals surface area contributed by atoms with Crippen LogP contribution in [0, 0.1) is 6.92 Å². The number of hydrogen-bond donors (Lipinski definition) is 1. The van der Waals surface area contributed by atoms with Gasteiger partial charge in [-0.2, -0.15) is 0 Å². The molecule has 0 saturated carbocycles. The van der Waals surface area contributed by atoms with Gasteiger partial charge in [0.2, 0.25) is 0 Å². The molecule has 0 saturated heterocycles. The number of anilines is 1. The Morgan fingerprint density at radius 2 is 1.71 bits per heavy atom. The molecule has 0 aromatic heterocycles. The molecule has 1 N–H and O–H groups in total. The summed E-state index contributed by atoms with van der Waals surface area (Å²) >= 11 is 0. The molecule has 0 heterocycles. The van der Waals surface area contributed by atoms with Gasteiger partial charge in [-0.3, -0.25) is 0 Å². The van der Waals surface area contributed by atoms with E-state index in [1.165, 1.54) is 5.56 Å². The van der Waals surface area contributed by atoms with Crippen LogP contribution < -0.4 is 14.8 Å². The van der Waals surface area contributed by atoms with Crippen molar-refractivity contribution in [1.29, 1.82) is 0 Å². The van der Waals surface area contributed by atoms with Crippen molar-refractivity contribution >= 4 is 5.69 Å². The summed E-state index contributed by atoms with van der Waals surface area (Å²) in [5.41, 5.74) is 2.29. The Morgan fingerprint density at radius 3 is 2.48 bits per heavy atom. The van der Waals surface area contributed by atoms with Gasteiger partial charge in [-0.05, 0) is 44.0 Å². The highest BCUT2D eigenvalue weighted by Gasteiger charge is 2.00. The zero-order chi connectivity index (χ0) is 14.9. The summed E-state index contributed by atoms with van der Waals surface area (Å²) in [7, 11) is 1.69. The fourth-order valence-corrected chi connectivity index (χ4v) is 2.07. The smallest absolute Gasteiger partial charge is 0.141 e. The van der Waals surface area contributed by atoms with Crippen molar-refractivity contribution in [2.75, 3.05) is 25.6 Å². The van der Waals surface area contributed by atoms with Gasteiger partial charge in [0.15, 0.2) is 0 Å². The van der Waals surface area contributed by atoms with E-state index < -0.39 is 0 Å². The summed E-state index contributed by atoms with van der Waals surface area (Å²) < 4.78 is 11.0. The van der Waals surface area contributed by atoms with E-state index in [1.54, 1.807) is 7.11 Å². The number of aryl methyl sites for hydroxylation is 1. The molecule has 0 unspecified atom stereocenters. The zero-order valence-electron chi connectivity index (χ0n) is 12.8. The highest BCUT2D eigenvalue weighted by atomic mass is 16.5. The molecule has 2 aromatic rings. The van der Waals surface area contributed by atoms with Crippen LogP contribution in [0.4, 0.5) is 5.69 Å². The molecule has 0 atom stereocenters. The minimum absolute atomic E-state index is 0.747. The number of unbranched alkanes of at least 4 members (excludes halogenated alkanes) is 1. The van der Waals surface area contributed by atoms with Gasteiger partial charge in [0.25, 0.3) is 0 Å². The van der Waals surface area contributed by atoms with Crippen LogP contribution in [0.2, 0.25) is 0 Å². The number of nitrogens with one attached hydrogen (secondary N) is 1.